The molecule has 0 aliphatic heterocycles. The van der Waals surface area contributed by atoms with Gasteiger partial charge in [-0.15, -0.1) is 0 Å². The van der Waals surface area contributed by atoms with Crippen LogP contribution in [0.3, 0.4) is 0 Å². The summed E-state index contributed by atoms with van der Waals surface area (Å²) in [5, 5.41) is 4.80. The first kappa shape index (κ1) is 43.8. The molecule has 0 spiro atoms. The van der Waals surface area contributed by atoms with Crippen molar-refractivity contribution >= 4 is 60.7 Å². The molecule has 0 amide bonds. The average molecular weight is 956 g/mol. The summed E-state index contributed by atoms with van der Waals surface area (Å²) in [6.45, 7) is 0. The lowest BCUT2D eigenvalue weighted by atomic mass is 9.94. The Morgan fingerprint density at radius 3 is 0.973 bits per heavy atom. The maximum Gasteiger partial charge on any atom is 0.0795 e. The van der Waals surface area contributed by atoms with Crippen LogP contribution in [-0.4, -0.2) is 9.13 Å². The lowest BCUT2D eigenvalue weighted by molar-refractivity contribution is 1.15. The Labute approximate surface area is 436 Å². The van der Waals surface area contributed by atoms with Crippen molar-refractivity contribution in [2.24, 2.45) is 0 Å². The number of hydrogen-bond acceptors (Lipinski definition) is 1. The zero-order chi connectivity index (χ0) is 49.7. The van der Waals surface area contributed by atoms with Crippen molar-refractivity contribution in [3.05, 3.63) is 297 Å². The minimum Gasteiger partial charge on any atom is -0.311 e. The van der Waals surface area contributed by atoms with Crippen LogP contribution in [0, 0.1) is 0 Å². The second kappa shape index (κ2) is 18.6. The van der Waals surface area contributed by atoms with Gasteiger partial charge in [0.05, 0.1) is 22.1 Å². The van der Waals surface area contributed by atoms with Gasteiger partial charge >= 0.3 is 0 Å². The third-order valence-electron chi connectivity index (χ3n) is 14.9. The highest BCUT2D eigenvalue weighted by atomic mass is 15.1. The highest BCUT2D eigenvalue weighted by Crippen LogP contribution is 2.48. The number of hydrogen-bond donors (Lipinski definition) is 0. The maximum absolute atomic E-state index is 2.51. The molecule has 0 saturated carbocycles. The van der Waals surface area contributed by atoms with Gasteiger partial charge in [0.25, 0.3) is 0 Å². The van der Waals surface area contributed by atoms with Crippen LogP contribution in [0.5, 0.6) is 0 Å². The van der Waals surface area contributed by atoms with Crippen LogP contribution in [0.1, 0.15) is 0 Å². The summed E-state index contributed by atoms with van der Waals surface area (Å²) >= 11 is 0. The van der Waals surface area contributed by atoms with Crippen molar-refractivity contribution in [1.29, 1.82) is 0 Å². The van der Waals surface area contributed by atoms with E-state index in [-0.39, 0.29) is 0 Å². The summed E-state index contributed by atoms with van der Waals surface area (Å²) < 4.78 is 5.01. The molecule has 14 rings (SSSR count). The number of para-hydroxylation sites is 2. The van der Waals surface area contributed by atoms with Crippen LogP contribution < -0.4 is 4.90 Å². The predicted octanol–water partition coefficient (Wildman–Crippen LogP) is 19.7. The molecule has 0 unspecified atom stereocenters. The molecule has 2 aromatic heterocycles. The van der Waals surface area contributed by atoms with Crippen LogP contribution >= 0.6 is 0 Å². The summed E-state index contributed by atoms with van der Waals surface area (Å²) in [7, 11) is 0. The average Bonchev–Trinajstić information content (AvgIpc) is 4.02. The van der Waals surface area contributed by atoms with Crippen molar-refractivity contribution in [1.82, 2.24) is 9.13 Å². The summed E-state index contributed by atoms with van der Waals surface area (Å²) in [6.07, 6.45) is 0. The molecule has 75 heavy (non-hydrogen) atoms. The van der Waals surface area contributed by atoms with Gasteiger partial charge in [-0.1, -0.05) is 206 Å². The Bertz CT molecular complexity index is 4240. The van der Waals surface area contributed by atoms with Crippen LogP contribution in [0.4, 0.5) is 17.1 Å². The van der Waals surface area contributed by atoms with Crippen LogP contribution in [0.25, 0.3) is 111 Å². The van der Waals surface area contributed by atoms with E-state index in [1.807, 2.05) is 0 Å². The third-order valence-corrected chi connectivity index (χ3v) is 14.9. The predicted molar refractivity (Wildman–Crippen MR) is 317 cm³/mol. The van der Waals surface area contributed by atoms with Gasteiger partial charge in [-0.3, -0.25) is 0 Å². The highest BCUT2D eigenvalue weighted by molar-refractivity contribution is 6.28. The van der Waals surface area contributed by atoms with Crippen molar-refractivity contribution < 1.29 is 0 Å². The topological polar surface area (TPSA) is 13.1 Å². The zero-order valence-corrected chi connectivity index (χ0v) is 41.1. The molecular formula is C72H49N3. The quantitative estimate of drug-likeness (QED) is 0.133. The fourth-order valence-corrected chi connectivity index (χ4v) is 11.3. The molecule has 2 heterocycles. The standard InChI is InChI=1S/C72H49N3/c1-7-19-50(20-8-1)54-31-39-61(40-32-54)73(62-41-33-55(34-42-62)51-21-9-2-10-22-51)63-43-35-56(36-44-63)64-49-66-65-47-57(52-23-11-3-12-24-52)37-45-68(65)74(59-27-15-5-16-28-59)71(66)72-70(64)67-48-58(53-25-13-4-14-26-53)38-46-69(67)75(72)60-29-17-6-18-30-60/h1-49H. The number of rotatable bonds is 10. The van der Waals surface area contributed by atoms with Crippen molar-refractivity contribution in [3.63, 3.8) is 0 Å². The highest BCUT2D eigenvalue weighted by Gasteiger charge is 2.26. The van der Waals surface area contributed by atoms with Gasteiger partial charge in [0.1, 0.15) is 0 Å². The van der Waals surface area contributed by atoms with Gasteiger partial charge in [-0.05, 0) is 147 Å². The van der Waals surface area contributed by atoms with E-state index in [2.05, 4.69) is 311 Å². The van der Waals surface area contributed by atoms with E-state index in [1.54, 1.807) is 0 Å². The Hall–Kier alpha value is -9.96. The first-order valence-corrected chi connectivity index (χ1v) is 25.7. The SMILES string of the molecule is c1ccc(-c2ccc(N(c3ccc(-c4ccccc4)cc3)c3ccc(-c4cc5c6cc(-c7ccccc7)ccc6n(-c6ccccc6)c5c5c4c4cc(-c6ccccc6)ccc4n5-c4ccccc4)cc3)cc2)cc1. The van der Waals surface area contributed by atoms with E-state index >= 15 is 0 Å². The molecule has 0 fully saturated rings. The fraction of sp³-hybridized carbons (Fsp3) is 0. The Morgan fingerprint density at radius 1 is 0.227 bits per heavy atom. The normalized spacial score (nSPS) is 11.5. The summed E-state index contributed by atoms with van der Waals surface area (Å²) in [5.74, 6) is 0. The van der Waals surface area contributed by atoms with Gasteiger partial charge in [0, 0.05) is 50.0 Å². The molecule has 3 heteroatoms. The summed E-state index contributed by atoms with van der Waals surface area (Å²) in [6, 6.07) is 108. The second-order valence-electron chi connectivity index (χ2n) is 19.3. The van der Waals surface area contributed by atoms with Crippen LogP contribution in [0.15, 0.2) is 297 Å². The fourth-order valence-electron chi connectivity index (χ4n) is 11.3. The van der Waals surface area contributed by atoms with Gasteiger partial charge < -0.3 is 14.0 Å². The largest absolute Gasteiger partial charge is 0.311 e. The Morgan fingerprint density at radius 2 is 0.547 bits per heavy atom. The van der Waals surface area contributed by atoms with Gasteiger partial charge in [-0.2, -0.15) is 0 Å². The molecule has 0 radical (unpaired) electrons. The molecule has 0 aliphatic carbocycles. The van der Waals surface area contributed by atoms with Gasteiger partial charge in [-0.25, -0.2) is 0 Å². The number of benzene rings is 12. The van der Waals surface area contributed by atoms with E-state index in [0.717, 1.165) is 50.6 Å². The van der Waals surface area contributed by atoms with E-state index in [4.69, 9.17) is 0 Å². The number of anilines is 3. The van der Waals surface area contributed by atoms with Crippen molar-refractivity contribution in [2.45, 2.75) is 0 Å². The van der Waals surface area contributed by atoms with Gasteiger partial charge in [0.2, 0.25) is 0 Å². The van der Waals surface area contributed by atoms with Gasteiger partial charge in [0.15, 0.2) is 0 Å². The lowest BCUT2D eigenvalue weighted by Gasteiger charge is -2.26. The van der Waals surface area contributed by atoms with Crippen molar-refractivity contribution in [2.75, 3.05) is 4.90 Å². The van der Waals surface area contributed by atoms with Crippen LogP contribution in [0.2, 0.25) is 0 Å². The summed E-state index contributed by atoms with van der Waals surface area (Å²) in [5.41, 5.74) is 21.9. The molecular weight excluding hydrogens is 907 g/mol. The Balaban J connectivity index is 1.04. The van der Waals surface area contributed by atoms with E-state index in [9.17, 15) is 0 Å². The molecule has 0 atom stereocenters. The first-order valence-electron chi connectivity index (χ1n) is 25.7. The maximum atomic E-state index is 2.51. The molecule has 0 saturated heterocycles. The molecule has 3 nitrogen and oxygen atoms in total. The van der Waals surface area contributed by atoms with E-state index in [0.29, 0.717) is 0 Å². The molecule has 0 bridgehead atoms. The Kier molecular flexibility index (Phi) is 10.8. The number of aromatic nitrogens is 2. The number of nitrogens with zero attached hydrogens (tertiary/aromatic N) is 3. The van der Waals surface area contributed by atoms with E-state index in [1.165, 1.54) is 77.1 Å². The second-order valence-corrected chi connectivity index (χ2v) is 19.3. The molecule has 14 aromatic rings. The first-order chi connectivity index (χ1) is 37.2. The number of fused-ring (bicyclic) bond motifs is 7. The monoisotopic (exact) mass is 955 g/mol. The minimum atomic E-state index is 1.07. The summed E-state index contributed by atoms with van der Waals surface area (Å²) in [4.78, 5) is 2.37. The molecule has 0 N–H and O–H groups in total. The lowest BCUT2D eigenvalue weighted by Crippen LogP contribution is -2.09. The smallest absolute Gasteiger partial charge is 0.0795 e. The van der Waals surface area contributed by atoms with E-state index < -0.39 is 0 Å². The molecule has 0 aliphatic rings. The molecule has 352 valence electrons. The third kappa shape index (κ3) is 7.78. The van der Waals surface area contributed by atoms with Crippen LogP contribution in [-0.2, 0) is 0 Å². The van der Waals surface area contributed by atoms with Crippen molar-refractivity contribution in [3.8, 4) is 67.0 Å². The zero-order valence-electron chi connectivity index (χ0n) is 41.1. The minimum absolute atomic E-state index is 1.07. The molecule has 12 aromatic carbocycles.